The van der Waals surface area contributed by atoms with Gasteiger partial charge >= 0.3 is 0 Å². The third-order valence-corrected chi connectivity index (χ3v) is 7.22. The van der Waals surface area contributed by atoms with E-state index in [2.05, 4.69) is 22.3 Å². The molecule has 1 heterocycles. The minimum atomic E-state index is -0.0586. The highest BCUT2D eigenvalue weighted by atomic mass is 35.5. The Labute approximate surface area is 196 Å². The van der Waals surface area contributed by atoms with Crippen LogP contribution in [0, 0.1) is 5.92 Å². The van der Waals surface area contributed by atoms with Crippen LogP contribution >= 0.6 is 11.6 Å². The molecule has 1 aliphatic heterocycles. The molecule has 0 bridgehead atoms. The van der Waals surface area contributed by atoms with Crippen LogP contribution in [0.3, 0.4) is 0 Å². The molecule has 5 nitrogen and oxygen atoms in total. The molecule has 2 aromatic carbocycles. The lowest BCUT2D eigenvalue weighted by Crippen LogP contribution is -2.51. The first-order valence-electron chi connectivity index (χ1n) is 11.6. The third kappa shape index (κ3) is 5.57. The fraction of sp³-hybridized carbons (Fsp3) is 0.500. The van der Waals surface area contributed by atoms with E-state index in [0.29, 0.717) is 29.0 Å². The number of ether oxygens (including phenoxy) is 2. The van der Waals surface area contributed by atoms with E-state index >= 15 is 0 Å². The Balaban J connectivity index is 1.33. The lowest BCUT2D eigenvalue weighted by atomic mass is 9.89. The van der Waals surface area contributed by atoms with E-state index in [9.17, 15) is 4.79 Å². The van der Waals surface area contributed by atoms with Crippen LogP contribution in [-0.4, -0.2) is 50.2 Å². The summed E-state index contributed by atoms with van der Waals surface area (Å²) in [5.41, 5.74) is 1.95. The molecule has 1 amide bonds. The first kappa shape index (κ1) is 22.9. The molecule has 1 N–H and O–H groups in total. The molecule has 172 valence electrons. The van der Waals surface area contributed by atoms with Crippen molar-refractivity contribution in [3.63, 3.8) is 0 Å². The number of hydrogen-bond donors (Lipinski definition) is 1. The van der Waals surface area contributed by atoms with Crippen molar-refractivity contribution in [2.45, 2.75) is 50.6 Å². The summed E-state index contributed by atoms with van der Waals surface area (Å²) in [5.74, 6) is 1.91. The van der Waals surface area contributed by atoms with E-state index in [1.807, 2.05) is 12.1 Å². The molecule has 6 heteroatoms. The van der Waals surface area contributed by atoms with Crippen molar-refractivity contribution >= 4 is 17.5 Å². The fourth-order valence-electron chi connectivity index (χ4n) is 5.18. The number of likely N-dealkylation sites (tertiary alicyclic amines) is 1. The van der Waals surface area contributed by atoms with Crippen molar-refractivity contribution in [1.29, 1.82) is 0 Å². The van der Waals surface area contributed by atoms with Crippen molar-refractivity contribution in [2.24, 2.45) is 5.92 Å². The van der Waals surface area contributed by atoms with Crippen LogP contribution in [-0.2, 0) is 6.42 Å². The van der Waals surface area contributed by atoms with Crippen LogP contribution in [0.4, 0.5) is 0 Å². The molecule has 32 heavy (non-hydrogen) atoms. The topological polar surface area (TPSA) is 50.8 Å². The Hall–Kier alpha value is -2.24. The molecule has 1 aliphatic carbocycles. The highest BCUT2D eigenvalue weighted by Crippen LogP contribution is 2.30. The van der Waals surface area contributed by atoms with Gasteiger partial charge in [0, 0.05) is 28.7 Å². The summed E-state index contributed by atoms with van der Waals surface area (Å²) in [6, 6.07) is 14.2. The van der Waals surface area contributed by atoms with Crippen molar-refractivity contribution < 1.29 is 14.3 Å². The SMILES string of the molecule is COc1cc(OC)cc(C(=O)NC2CCCC2N2CCC(Cc3ccc(Cl)cc3)CC2)c1. The van der Waals surface area contributed by atoms with Gasteiger partial charge in [-0.1, -0.05) is 23.7 Å². The maximum atomic E-state index is 13.0. The first-order chi connectivity index (χ1) is 15.6. The Bertz CT molecular complexity index is 888. The lowest BCUT2D eigenvalue weighted by molar-refractivity contribution is 0.0861. The number of rotatable bonds is 7. The number of methoxy groups -OCH3 is 2. The second-order valence-corrected chi connectivity index (χ2v) is 9.43. The van der Waals surface area contributed by atoms with Gasteiger partial charge < -0.3 is 14.8 Å². The largest absolute Gasteiger partial charge is 0.497 e. The molecule has 2 aromatic rings. The second-order valence-electron chi connectivity index (χ2n) is 8.99. The summed E-state index contributed by atoms with van der Waals surface area (Å²) in [4.78, 5) is 15.6. The van der Waals surface area contributed by atoms with E-state index in [-0.39, 0.29) is 11.9 Å². The molecule has 2 atom stereocenters. The zero-order valence-corrected chi connectivity index (χ0v) is 19.7. The minimum absolute atomic E-state index is 0.0586. The summed E-state index contributed by atoms with van der Waals surface area (Å²) in [6.45, 7) is 2.20. The molecule has 2 unspecified atom stereocenters. The molecule has 1 saturated carbocycles. The highest BCUT2D eigenvalue weighted by molar-refractivity contribution is 6.30. The maximum Gasteiger partial charge on any atom is 0.251 e. The van der Waals surface area contributed by atoms with Gasteiger partial charge in [-0.3, -0.25) is 9.69 Å². The number of amides is 1. The van der Waals surface area contributed by atoms with Crippen LogP contribution in [0.15, 0.2) is 42.5 Å². The van der Waals surface area contributed by atoms with Crippen LogP contribution in [0.25, 0.3) is 0 Å². The van der Waals surface area contributed by atoms with E-state index in [4.69, 9.17) is 21.1 Å². The zero-order valence-electron chi connectivity index (χ0n) is 19.0. The number of nitrogens with one attached hydrogen (secondary N) is 1. The third-order valence-electron chi connectivity index (χ3n) is 6.97. The molecular weight excluding hydrogens is 424 g/mol. The normalized spacial score (nSPS) is 22.0. The highest BCUT2D eigenvalue weighted by Gasteiger charge is 2.35. The van der Waals surface area contributed by atoms with E-state index in [0.717, 1.165) is 43.8 Å². The number of halogens is 1. The number of piperidine rings is 1. The van der Waals surface area contributed by atoms with Crippen molar-refractivity contribution in [3.8, 4) is 11.5 Å². The number of hydrogen-bond acceptors (Lipinski definition) is 4. The Morgan fingerprint density at radius 2 is 1.66 bits per heavy atom. The first-order valence-corrected chi connectivity index (χ1v) is 12.0. The molecule has 2 fully saturated rings. The van der Waals surface area contributed by atoms with Gasteiger partial charge in [0.05, 0.1) is 14.2 Å². The Kier molecular flexibility index (Phi) is 7.59. The molecule has 0 aromatic heterocycles. The van der Waals surface area contributed by atoms with Gasteiger partial charge in [0.25, 0.3) is 5.91 Å². The van der Waals surface area contributed by atoms with Crippen molar-refractivity contribution in [3.05, 3.63) is 58.6 Å². The smallest absolute Gasteiger partial charge is 0.251 e. The molecule has 4 rings (SSSR count). The number of carbonyl (C=O) groups is 1. The maximum absolute atomic E-state index is 13.0. The van der Waals surface area contributed by atoms with Gasteiger partial charge in [-0.25, -0.2) is 0 Å². The number of carbonyl (C=O) groups excluding carboxylic acids is 1. The van der Waals surface area contributed by atoms with Gasteiger partial charge in [-0.05, 0) is 87.4 Å². The summed E-state index contributed by atoms with van der Waals surface area (Å²) >= 11 is 6.02. The molecule has 0 spiro atoms. The number of benzene rings is 2. The van der Waals surface area contributed by atoms with E-state index < -0.39 is 0 Å². The molecule has 2 aliphatic rings. The van der Waals surface area contributed by atoms with Crippen LogP contribution in [0.5, 0.6) is 11.5 Å². The van der Waals surface area contributed by atoms with Gasteiger partial charge in [0.1, 0.15) is 11.5 Å². The standard InChI is InChI=1S/C26H33ClN2O3/c1-31-22-15-20(16-23(17-22)32-2)26(30)28-24-4-3-5-25(24)29-12-10-19(11-13-29)14-18-6-8-21(27)9-7-18/h6-9,15-17,19,24-25H,3-5,10-14H2,1-2H3,(H,28,30). The number of nitrogens with zero attached hydrogens (tertiary/aromatic N) is 1. The Morgan fingerprint density at radius 3 is 2.28 bits per heavy atom. The summed E-state index contributed by atoms with van der Waals surface area (Å²) < 4.78 is 10.6. The summed E-state index contributed by atoms with van der Waals surface area (Å²) in [7, 11) is 3.19. The van der Waals surface area contributed by atoms with E-state index in [1.165, 1.54) is 18.4 Å². The lowest BCUT2D eigenvalue weighted by Gasteiger charge is -2.38. The molecule has 0 radical (unpaired) electrons. The second kappa shape index (κ2) is 10.6. The van der Waals surface area contributed by atoms with E-state index in [1.54, 1.807) is 32.4 Å². The Morgan fingerprint density at radius 1 is 1.00 bits per heavy atom. The predicted molar refractivity (Wildman–Crippen MR) is 128 cm³/mol. The predicted octanol–water partition coefficient (Wildman–Crippen LogP) is 4.96. The monoisotopic (exact) mass is 456 g/mol. The van der Waals surface area contributed by atoms with Gasteiger partial charge in [0.2, 0.25) is 0 Å². The average molecular weight is 457 g/mol. The quantitative estimate of drug-likeness (QED) is 0.639. The van der Waals surface area contributed by atoms with Crippen molar-refractivity contribution in [2.75, 3.05) is 27.3 Å². The molecule has 1 saturated heterocycles. The summed E-state index contributed by atoms with van der Waals surface area (Å²) in [6.07, 6.45) is 6.85. The van der Waals surface area contributed by atoms with Crippen LogP contribution < -0.4 is 14.8 Å². The zero-order chi connectivity index (χ0) is 22.5. The van der Waals surface area contributed by atoms with Gasteiger partial charge in [0.15, 0.2) is 0 Å². The average Bonchev–Trinajstić information content (AvgIpc) is 3.28. The van der Waals surface area contributed by atoms with Gasteiger partial charge in [-0.2, -0.15) is 0 Å². The molecular formula is C26H33ClN2O3. The van der Waals surface area contributed by atoms with Crippen LogP contribution in [0.1, 0.15) is 48.0 Å². The minimum Gasteiger partial charge on any atom is -0.497 e. The van der Waals surface area contributed by atoms with Gasteiger partial charge in [-0.15, -0.1) is 0 Å². The fourth-order valence-corrected chi connectivity index (χ4v) is 5.30. The van der Waals surface area contributed by atoms with Crippen LogP contribution in [0.2, 0.25) is 5.02 Å². The van der Waals surface area contributed by atoms with Crippen molar-refractivity contribution in [1.82, 2.24) is 10.2 Å². The summed E-state index contributed by atoms with van der Waals surface area (Å²) in [5, 5.41) is 4.09.